The summed E-state index contributed by atoms with van der Waals surface area (Å²) in [6, 6.07) is 8.13. The molecule has 1 saturated heterocycles. The molecule has 3 rings (SSSR count). The van der Waals surface area contributed by atoms with Gasteiger partial charge in [-0.3, -0.25) is 9.79 Å². The predicted octanol–water partition coefficient (Wildman–Crippen LogP) is 3.32. The molecule has 1 aromatic heterocycles. The Morgan fingerprint density at radius 3 is 2.59 bits per heavy atom. The highest BCUT2D eigenvalue weighted by molar-refractivity contribution is 14.0. The minimum atomic E-state index is 0. The number of carbonyl (C=O) groups is 1. The Labute approximate surface area is 181 Å². The van der Waals surface area contributed by atoms with Crippen molar-refractivity contribution in [1.29, 1.82) is 0 Å². The van der Waals surface area contributed by atoms with Crippen molar-refractivity contribution in [3.8, 4) is 0 Å². The van der Waals surface area contributed by atoms with Gasteiger partial charge in [0, 0.05) is 37.6 Å². The van der Waals surface area contributed by atoms with Crippen molar-refractivity contribution in [2.45, 2.75) is 39.3 Å². The van der Waals surface area contributed by atoms with Crippen LogP contribution in [0.2, 0.25) is 0 Å². The molecule has 8 heteroatoms. The Hall–Kier alpha value is -1.68. The molecule has 0 saturated carbocycles. The molecule has 2 N–H and O–H groups in total. The van der Waals surface area contributed by atoms with E-state index in [9.17, 15) is 4.79 Å². The molecule has 0 spiro atoms. The zero-order chi connectivity index (χ0) is 18.4. The van der Waals surface area contributed by atoms with Gasteiger partial charge in [-0.05, 0) is 30.5 Å². The Morgan fingerprint density at radius 2 is 2.00 bits per heavy atom. The SMILES string of the molecule is CCc1nc(CNC(=NC)NCc2ccc(N3CCCC3=O)cc2)cs1.I. The number of guanidine groups is 1. The maximum atomic E-state index is 11.8. The van der Waals surface area contributed by atoms with Crippen molar-refractivity contribution in [2.75, 3.05) is 18.5 Å². The van der Waals surface area contributed by atoms with E-state index in [0.717, 1.165) is 47.3 Å². The van der Waals surface area contributed by atoms with Crippen LogP contribution in [-0.4, -0.2) is 30.4 Å². The van der Waals surface area contributed by atoms with Gasteiger partial charge in [0.15, 0.2) is 5.96 Å². The molecule has 6 nitrogen and oxygen atoms in total. The van der Waals surface area contributed by atoms with Crippen LogP contribution < -0.4 is 15.5 Å². The van der Waals surface area contributed by atoms with Gasteiger partial charge < -0.3 is 15.5 Å². The first-order valence-corrected chi connectivity index (χ1v) is 9.84. The number of hydrogen-bond acceptors (Lipinski definition) is 4. The molecule has 0 atom stereocenters. The number of amides is 1. The molecule has 0 radical (unpaired) electrons. The van der Waals surface area contributed by atoms with Crippen LogP contribution in [0.4, 0.5) is 5.69 Å². The normalized spacial score (nSPS) is 14.2. The Bertz CT molecular complexity index is 775. The highest BCUT2D eigenvalue weighted by Crippen LogP contribution is 2.21. The van der Waals surface area contributed by atoms with Crippen molar-refractivity contribution in [1.82, 2.24) is 15.6 Å². The van der Waals surface area contributed by atoms with Crippen molar-refractivity contribution in [3.05, 3.63) is 45.9 Å². The summed E-state index contributed by atoms with van der Waals surface area (Å²) in [7, 11) is 1.76. The average Bonchev–Trinajstić information content (AvgIpc) is 3.31. The third-order valence-corrected chi connectivity index (χ3v) is 5.39. The zero-order valence-electron chi connectivity index (χ0n) is 15.7. The largest absolute Gasteiger partial charge is 0.352 e. The highest BCUT2D eigenvalue weighted by atomic mass is 127. The summed E-state index contributed by atoms with van der Waals surface area (Å²) in [6.07, 6.45) is 2.57. The fourth-order valence-electron chi connectivity index (χ4n) is 2.89. The third-order valence-electron chi connectivity index (χ3n) is 4.34. The topological polar surface area (TPSA) is 69.6 Å². The smallest absolute Gasteiger partial charge is 0.227 e. The van der Waals surface area contributed by atoms with Crippen LogP contribution in [0, 0.1) is 0 Å². The van der Waals surface area contributed by atoms with Gasteiger partial charge in [0.25, 0.3) is 0 Å². The number of thiazole rings is 1. The van der Waals surface area contributed by atoms with Gasteiger partial charge in [-0.25, -0.2) is 4.98 Å². The van der Waals surface area contributed by atoms with Crippen LogP contribution in [0.15, 0.2) is 34.6 Å². The number of benzene rings is 1. The Kier molecular flexibility index (Phi) is 8.49. The van der Waals surface area contributed by atoms with Gasteiger partial charge in [0.1, 0.15) is 0 Å². The summed E-state index contributed by atoms with van der Waals surface area (Å²) in [6.45, 7) is 4.27. The molecule has 1 amide bonds. The quantitative estimate of drug-likeness (QED) is 0.364. The standard InChI is InChI=1S/C19H25N5OS.HI/c1-3-17-23-15(13-26-17)12-22-19(20-2)21-11-14-6-8-16(9-7-14)24-10-4-5-18(24)25;/h6-9,13H,3-5,10-12H2,1-2H3,(H2,20,21,22);1H. The first-order chi connectivity index (χ1) is 12.7. The molecule has 0 unspecified atom stereocenters. The lowest BCUT2D eigenvalue weighted by atomic mass is 10.2. The average molecular weight is 499 g/mol. The van der Waals surface area contributed by atoms with Gasteiger partial charge in [-0.1, -0.05) is 19.1 Å². The second kappa shape index (κ2) is 10.6. The van der Waals surface area contributed by atoms with Crippen molar-refractivity contribution in [2.24, 2.45) is 4.99 Å². The number of anilines is 1. The number of aliphatic imine (C=N–C) groups is 1. The molecule has 0 aliphatic carbocycles. The van der Waals surface area contributed by atoms with Crippen molar-refractivity contribution < 1.29 is 4.79 Å². The van der Waals surface area contributed by atoms with Crippen LogP contribution >= 0.6 is 35.3 Å². The van der Waals surface area contributed by atoms with E-state index in [4.69, 9.17) is 0 Å². The number of nitrogens with zero attached hydrogens (tertiary/aromatic N) is 3. The summed E-state index contributed by atoms with van der Waals surface area (Å²) in [5.74, 6) is 0.962. The van der Waals surface area contributed by atoms with Crippen LogP contribution in [0.3, 0.4) is 0 Å². The number of hydrogen-bond donors (Lipinski definition) is 2. The first-order valence-electron chi connectivity index (χ1n) is 8.96. The summed E-state index contributed by atoms with van der Waals surface area (Å²) >= 11 is 1.69. The van der Waals surface area contributed by atoms with E-state index in [0.29, 0.717) is 19.5 Å². The van der Waals surface area contributed by atoms with Gasteiger partial charge in [-0.15, -0.1) is 35.3 Å². The van der Waals surface area contributed by atoms with E-state index in [1.165, 1.54) is 0 Å². The Balaban J connectivity index is 0.00000261. The Morgan fingerprint density at radius 1 is 1.26 bits per heavy atom. The highest BCUT2D eigenvalue weighted by Gasteiger charge is 2.21. The van der Waals surface area contributed by atoms with Crippen molar-refractivity contribution in [3.63, 3.8) is 0 Å². The number of aryl methyl sites for hydroxylation is 1. The summed E-state index contributed by atoms with van der Waals surface area (Å²) in [4.78, 5) is 22.5. The maximum Gasteiger partial charge on any atom is 0.227 e. The molecule has 0 bridgehead atoms. The van der Waals surface area contributed by atoms with Crippen LogP contribution in [0.5, 0.6) is 0 Å². The second-order valence-corrected chi connectivity index (χ2v) is 7.12. The lowest BCUT2D eigenvalue weighted by Crippen LogP contribution is -2.36. The summed E-state index contributed by atoms with van der Waals surface area (Å²) in [5.41, 5.74) is 3.16. The number of rotatable bonds is 6. The second-order valence-electron chi connectivity index (χ2n) is 6.18. The minimum Gasteiger partial charge on any atom is -0.352 e. The van der Waals surface area contributed by atoms with Crippen molar-refractivity contribution >= 4 is 52.9 Å². The summed E-state index contributed by atoms with van der Waals surface area (Å²) < 4.78 is 0. The first kappa shape index (κ1) is 21.6. The molecular weight excluding hydrogens is 473 g/mol. The summed E-state index contributed by atoms with van der Waals surface area (Å²) in [5, 5.41) is 9.83. The molecule has 27 heavy (non-hydrogen) atoms. The van der Waals surface area contributed by atoms with E-state index in [2.05, 4.69) is 45.0 Å². The number of carbonyl (C=O) groups excluding carboxylic acids is 1. The van der Waals surface area contributed by atoms with E-state index in [1.54, 1.807) is 18.4 Å². The van der Waals surface area contributed by atoms with E-state index >= 15 is 0 Å². The monoisotopic (exact) mass is 499 g/mol. The van der Waals surface area contributed by atoms with E-state index < -0.39 is 0 Å². The number of aromatic nitrogens is 1. The molecule has 1 aromatic carbocycles. The predicted molar refractivity (Wildman–Crippen MR) is 122 cm³/mol. The molecule has 1 aliphatic heterocycles. The van der Waals surface area contributed by atoms with Gasteiger partial charge >= 0.3 is 0 Å². The molecule has 2 heterocycles. The molecular formula is C19H26IN5OS. The molecule has 146 valence electrons. The zero-order valence-corrected chi connectivity index (χ0v) is 18.8. The maximum absolute atomic E-state index is 11.8. The van der Waals surface area contributed by atoms with E-state index in [1.807, 2.05) is 17.0 Å². The lowest BCUT2D eigenvalue weighted by Gasteiger charge is -2.16. The van der Waals surface area contributed by atoms with Gasteiger partial charge in [0.2, 0.25) is 5.91 Å². The van der Waals surface area contributed by atoms with Gasteiger partial charge in [-0.2, -0.15) is 0 Å². The lowest BCUT2D eigenvalue weighted by molar-refractivity contribution is -0.117. The molecule has 1 fully saturated rings. The fraction of sp³-hybridized carbons (Fsp3) is 0.421. The van der Waals surface area contributed by atoms with Crippen LogP contribution in [-0.2, 0) is 24.3 Å². The molecule has 2 aromatic rings. The molecule has 1 aliphatic rings. The third kappa shape index (κ3) is 5.90. The minimum absolute atomic E-state index is 0. The number of halogens is 1. The van der Waals surface area contributed by atoms with Gasteiger partial charge in [0.05, 0.1) is 17.2 Å². The van der Waals surface area contributed by atoms with Crippen LogP contribution in [0.25, 0.3) is 0 Å². The fourth-order valence-corrected chi connectivity index (χ4v) is 3.63. The van der Waals surface area contributed by atoms with E-state index in [-0.39, 0.29) is 29.9 Å². The number of nitrogens with one attached hydrogen (secondary N) is 2. The van der Waals surface area contributed by atoms with Crippen LogP contribution in [0.1, 0.15) is 36.0 Å².